The van der Waals surface area contributed by atoms with Crippen molar-refractivity contribution in [3.05, 3.63) is 88.3 Å². The fraction of sp³-hybridized carbons (Fsp3) is 0.158. The van der Waals surface area contributed by atoms with Crippen molar-refractivity contribution in [3.63, 3.8) is 0 Å². The zero-order chi connectivity index (χ0) is 18.4. The predicted octanol–water partition coefficient (Wildman–Crippen LogP) is 2.29. The number of carbonyl (C=O) groups is 1. The second kappa shape index (κ2) is 8.12. The summed E-state index contributed by atoms with van der Waals surface area (Å²) >= 11 is 0. The lowest BCUT2D eigenvalue weighted by atomic mass is 10.1. The molecule has 25 heavy (non-hydrogen) atoms. The molecule has 0 aliphatic carbocycles. The second-order valence-corrected chi connectivity index (χ2v) is 5.45. The smallest absolute Gasteiger partial charge is 0.337 e. The second-order valence-electron chi connectivity index (χ2n) is 5.45. The number of aliphatic hydroxyl groups excluding tert-OH is 1. The highest BCUT2D eigenvalue weighted by Crippen LogP contribution is 2.11. The number of carboxylic acid groups (broad SMARTS) is 1. The van der Waals surface area contributed by atoms with Gasteiger partial charge in [-0.2, -0.15) is 0 Å². The Kier molecular flexibility index (Phi) is 5.92. The molecule has 0 radical (unpaired) electrons. The van der Waals surface area contributed by atoms with Crippen molar-refractivity contribution in [3.8, 4) is 5.69 Å². The van der Waals surface area contributed by atoms with Crippen LogP contribution in [-0.2, 0) is 11.8 Å². The predicted molar refractivity (Wildman–Crippen MR) is 94.8 cm³/mol. The average Bonchev–Trinajstić information content (AvgIpc) is 2.88. The van der Waals surface area contributed by atoms with Crippen molar-refractivity contribution in [1.29, 1.82) is 0 Å². The molecular weight excluding hydrogens is 320 g/mol. The molecular formula is C19H20N2O4. The van der Waals surface area contributed by atoms with Gasteiger partial charge in [-0.05, 0) is 24.6 Å². The molecule has 6 heteroatoms. The maximum Gasteiger partial charge on any atom is 0.337 e. The molecule has 0 aliphatic rings. The van der Waals surface area contributed by atoms with E-state index < -0.39 is 12.1 Å². The van der Waals surface area contributed by atoms with Crippen LogP contribution in [0.5, 0.6) is 0 Å². The Labute approximate surface area is 145 Å². The number of hydrogen-bond donors (Lipinski definition) is 2. The minimum Gasteiger partial charge on any atom is -0.479 e. The number of aryl methyl sites for hydroxylation is 1. The van der Waals surface area contributed by atoms with Gasteiger partial charge in [0, 0.05) is 18.8 Å². The monoisotopic (exact) mass is 340 g/mol. The van der Waals surface area contributed by atoms with Gasteiger partial charge in [0.15, 0.2) is 6.10 Å². The summed E-state index contributed by atoms with van der Waals surface area (Å²) in [6.45, 7) is 1.92. The number of nitrogens with zero attached hydrogens (tertiary/aromatic N) is 2. The molecule has 1 heterocycles. The third-order valence-electron chi connectivity index (χ3n) is 3.70. The van der Waals surface area contributed by atoms with E-state index in [0.29, 0.717) is 5.56 Å². The maximum atomic E-state index is 11.6. The van der Waals surface area contributed by atoms with E-state index in [1.165, 1.54) is 0 Å². The first kappa shape index (κ1) is 18.2. The Bertz CT molecular complexity index is 883. The minimum absolute atomic E-state index is 0.0104. The zero-order valence-electron chi connectivity index (χ0n) is 14.0. The molecule has 0 aliphatic heterocycles. The van der Waals surface area contributed by atoms with Crippen LogP contribution in [0.3, 0.4) is 0 Å². The lowest BCUT2D eigenvalue weighted by Gasteiger charge is -2.07. The Morgan fingerprint density at radius 3 is 1.96 bits per heavy atom. The van der Waals surface area contributed by atoms with E-state index in [2.05, 4.69) is 0 Å². The van der Waals surface area contributed by atoms with Crippen LogP contribution < -0.4 is 5.56 Å². The highest BCUT2D eigenvalue weighted by atomic mass is 16.4. The normalized spacial score (nSPS) is 11.3. The number of rotatable bonds is 3. The number of carboxylic acids is 1. The van der Waals surface area contributed by atoms with Crippen LogP contribution in [0, 0.1) is 6.92 Å². The van der Waals surface area contributed by atoms with E-state index >= 15 is 0 Å². The van der Waals surface area contributed by atoms with Crippen LogP contribution in [0.4, 0.5) is 0 Å². The van der Waals surface area contributed by atoms with Crippen LogP contribution in [0.25, 0.3) is 5.69 Å². The van der Waals surface area contributed by atoms with Gasteiger partial charge in [-0.3, -0.25) is 9.48 Å². The van der Waals surface area contributed by atoms with E-state index in [4.69, 9.17) is 10.2 Å². The fourth-order valence-electron chi connectivity index (χ4n) is 2.29. The molecule has 1 aromatic heterocycles. The fourth-order valence-corrected chi connectivity index (χ4v) is 2.29. The van der Waals surface area contributed by atoms with Crippen LogP contribution in [0.1, 0.15) is 17.4 Å². The summed E-state index contributed by atoms with van der Waals surface area (Å²) in [6, 6.07) is 19.5. The van der Waals surface area contributed by atoms with Gasteiger partial charge in [0.05, 0.1) is 5.69 Å². The molecule has 0 spiro atoms. The summed E-state index contributed by atoms with van der Waals surface area (Å²) in [4.78, 5) is 21.9. The summed E-state index contributed by atoms with van der Waals surface area (Å²) in [5.74, 6) is -1.23. The molecule has 1 unspecified atom stereocenters. The molecule has 0 bridgehead atoms. The number of benzene rings is 2. The van der Waals surface area contributed by atoms with E-state index in [1.54, 1.807) is 41.1 Å². The lowest BCUT2D eigenvalue weighted by molar-refractivity contribution is -0.146. The topological polar surface area (TPSA) is 84.5 Å². The van der Waals surface area contributed by atoms with E-state index in [0.717, 1.165) is 11.4 Å². The number of aliphatic hydroxyl groups is 1. The van der Waals surface area contributed by atoms with Crippen molar-refractivity contribution < 1.29 is 15.0 Å². The maximum absolute atomic E-state index is 11.6. The first-order valence-corrected chi connectivity index (χ1v) is 7.68. The van der Waals surface area contributed by atoms with Gasteiger partial charge in [-0.15, -0.1) is 0 Å². The lowest BCUT2D eigenvalue weighted by Crippen LogP contribution is -2.18. The molecule has 3 aromatic rings. The van der Waals surface area contributed by atoms with Gasteiger partial charge in [0.25, 0.3) is 5.56 Å². The standard InChI is InChI=1S/C11H12N2O.C8H8O3/c1-9-8-11(14)13(12(9)2)10-6-4-3-5-7-10;9-7(8(10)11)6-4-2-1-3-5-6/h3-8H,1-2H3;1-5,7,9H,(H,10,11). The van der Waals surface area contributed by atoms with Gasteiger partial charge in [-0.25, -0.2) is 9.48 Å². The highest BCUT2D eigenvalue weighted by Gasteiger charge is 2.14. The number of hydrogen-bond acceptors (Lipinski definition) is 3. The largest absolute Gasteiger partial charge is 0.479 e. The average molecular weight is 340 g/mol. The number of aromatic nitrogens is 2. The number of para-hydroxylation sites is 1. The quantitative estimate of drug-likeness (QED) is 0.766. The molecule has 130 valence electrons. The Morgan fingerprint density at radius 2 is 1.52 bits per heavy atom. The van der Waals surface area contributed by atoms with E-state index in [-0.39, 0.29) is 5.56 Å². The minimum atomic E-state index is -1.41. The molecule has 0 saturated carbocycles. The van der Waals surface area contributed by atoms with Crippen molar-refractivity contribution >= 4 is 5.97 Å². The van der Waals surface area contributed by atoms with Crippen molar-refractivity contribution in [2.24, 2.45) is 7.05 Å². The molecule has 3 rings (SSSR count). The van der Waals surface area contributed by atoms with Crippen LogP contribution in [0.2, 0.25) is 0 Å². The van der Waals surface area contributed by atoms with Crippen molar-refractivity contribution in [1.82, 2.24) is 9.36 Å². The molecule has 2 N–H and O–H groups in total. The molecule has 2 aromatic carbocycles. The summed E-state index contributed by atoms with van der Waals surface area (Å²) in [5, 5.41) is 17.4. The Morgan fingerprint density at radius 1 is 1.00 bits per heavy atom. The third-order valence-corrected chi connectivity index (χ3v) is 3.70. The van der Waals surface area contributed by atoms with Crippen LogP contribution in [0.15, 0.2) is 71.5 Å². The van der Waals surface area contributed by atoms with E-state index in [9.17, 15) is 9.59 Å². The van der Waals surface area contributed by atoms with Gasteiger partial charge >= 0.3 is 5.97 Å². The van der Waals surface area contributed by atoms with Crippen LogP contribution in [-0.4, -0.2) is 25.5 Å². The van der Waals surface area contributed by atoms with Gasteiger partial charge in [-0.1, -0.05) is 48.5 Å². The molecule has 0 saturated heterocycles. The zero-order valence-corrected chi connectivity index (χ0v) is 14.0. The van der Waals surface area contributed by atoms with Gasteiger partial charge in [0.2, 0.25) is 0 Å². The van der Waals surface area contributed by atoms with Gasteiger partial charge < -0.3 is 10.2 Å². The Hall–Kier alpha value is -3.12. The summed E-state index contributed by atoms with van der Waals surface area (Å²) in [7, 11) is 1.88. The molecule has 6 nitrogen and oxygen atoms in total. The first-order valence-electron chi connectivity index (χ1n) is 7.68. The van der Waals surface area contributed by atoms with Crippen LogP contribution >= 0.6 is 0 Å². The molecule has 0 fully saturated rings. The first-order chi connectivity index (χ1) is 11.9. The summed E-state index contributed by atoms with van der Waals surface area (Å²) < 4.78 is 3.49. The summed E-state index contributed by atoms with van der Waals surface area (Å²) in [6.07, 6.45) is -1.41. The number of aliphatic carboxylic acids is 1. The van der Waals surface area contributed by atoms with Gasteiger partial charge in [0.1, 0.15) is 0 Å². The SMILES string of the molecule is Cc1cc(=O)n(-c2ccccc2)n1C.O=C(O)C(O)c1ccccc1. The molecule has 0 amide bonds. The van der Waals surface area contributed by atoms with Crippen molar-refractivity contribution in [2.45, 2.75) is 13.0 Å². The third kappa shape index (κ3) is 4.45. The van der Waals surface area contributed by atoms with E-state index in [1.807, 2.05) is 49.0 Å². The Balaban J connectivity index is 0.000000186. The summed E-state index contributed by atoms with van der Waals surface area (Å²) in [5.41, 5.74) is 2.27. The highest BCUT2D eigenvalue weighted by molar-refractivity contribution is 5.73. The molecule has 1 atom stereocenters. The van der Waals surface area contributed by atoms with Crippen molar-refractivity contribution in [2.75, 3.05) is 0 Å².